The summed E-state index contributed by atoms with van der Waals surface area (Å²) < 4.78 is 5.48. The van der Waals surface area contributed by atoms with Crippen molar-refractivity contribution in [2.24, 2.45) is 5.92 Å². The summed E-state index contributed by atoms with van der Waals surface area (Å²) in [6.07, 6.45) is 4.43. The average molecular weight is 460 g/mol. The molecule has 34 heavy (non-hydrogen) atoms. The quantitative estimate of drug-likeness (QED) is 0.564. The molecule has 0 saturated carbocycles. The molecule has 2 aliphatic rings. The molecule has 3 aromatic rings. The van der Waals surface area contributed by atoms with Gasteiger partial charge in [0.15, 0.2) is 0 Å². The number of likely N-dealkylation sites (tertiary alicyclic amines) is 1. The third-order valence-electron chi connectivity index (χ3n) is 6.96. The molecular weight excluding hydrogens is 426 g/mol. The highest BCUT2D eigenvalue weighted by Gasteiger charge is 2.28. The predicted octanol–water partition coefficient (Wildman–Crippen LogP) is 4.43. The normalized spacial score (nSPS) is 19.8. The van der Waals surface area contributed by atoms with Crippen molar-refractivity contribution in [1.29, 1.82) is 0 Å². The minimum atomic E-state index is -0.0309. The molecule has 1 aromatic heterocycles. The Hall–Kier alpha value is -3.19. The van der Waals surface area contributed by atoms with E-state index in [0.717, 1.165) is 43.6 Å². The van der Waals surface area contributed by atoms with Gasteiger partial charge in [-0.15, -0.1) is 0 Å². The standard InChI is InChI=1S/C27H33N5O2/c1-20(21-11-13-24(14-12-21)32-16-5-6-17-32)28-27(33)23-10-7-15-31(18-23)19-25-29-26(30-34-25)22-8-3-2-4-9-22/h2-4,8-9,11-14,20,23H,5-7,10,15-19H2,1H3,(H,28,33). The Morgan fingerprint density at radius 2 is 1.82 bits per heavy atom. The molecule has 0 bridgehead atoms. The highest BCUT2D eigenvalue weighted by atomic mass is 16.5. The number of hydrogen-bond acceptors (Lipinski definition) is 6. The van der Waals surface area contributed by atoms with E-state index < -0.39 is 0 Å². The van der Waals surface area contributed by atoms with Crippen LogP contribution in [-0.4, -0.2) is 47.1 Å². The molecule has 2 unspecified atom stereocenters. The van der Waals surface area contributed by atoms with Gasteiger partial charge in [-0.05, 0) is 56.8 Å². The third kappa shape index (κ3) is 5.30. The lowest BCUT2D eigenvalue weighted by molar-refractivity contribution is -0.127. The monoisotopic (exact) mass is 459 g/mol. The molecule has 5 rings (SSSR count). The first-order valence-corrected chi connectivity index (χ1v) is 12.4. The number of piperidine rings is 1. The van der Waals surface area contributed by atoms with Crippen LogP contribution in [0.5, 0.6) is 0 Å². The van der Waals surface area contributed by atoms with Gasteiger partial charge in [-0.2, -0.15) is 4.98 Å². The zero-order valence-electron chi connectivity index (χ0n) is 19.8. The van der Waals surface area contributed by atoms with Crippen molar-refractivity contribution < 1.29 is 9.32 Å². The fourth-order valence-corrected chi connectivity index (χ4v) is 4.99. The van der Waals surface area contributed by atoms with Crippen LogP contribution in [0, 0.1) is 5.92 Å². The van der Waals surface area contributed by atoms with Gasteiger partial charge in [-0.3, -0.25) is 9.69 Å². The average Bonchev–Trinajstić information content (AvgIpc) is 3.58. The number of benzene rings is 2. The van der Waals surface area contributed by atoms with Crippen LogP contribution in [-0.2, 0) is 11.3 Å². The van der Waals surface area contributed by atoms with Crippen LogP contribution < -0.4 is 10.2 Å². The summed E-state index contributed by atoms with van der Waals surface area (Å²) in [6.45, 7) is 6.54. The molecule has 0 aliphatic carbocycles. The summed E-state index contributed by atoms with van der Waals surface area (Å²) in [5, 5.41) is 7.35. The van der Waals surface area contributed by atoms with Gasteiger partial charge in [0.1, 0.15) is 0 Å². The molecule has 1 amide bonds. The maximum Gasteiger partial charge on any atom is 0.241 e. The zero-order chi connectivity index (χ0) is 23.3. The van der Waals surface area contributed by atoms with Gasteiger partial charge in [0, 0.05) is 30.9 Å². The van der Waals surface area contributed by atoms with E-state index in [9.17, 15) is 4.79 Å². The Balaban J connectivity index is 1.14. The highest BCUT2D eigenvalue weighted by molar-refractivity contribution is 5.79. The SMILES string of the molecule is CC(NC(=O)C1CCCN(Cc2nc(-c3ccccc3)no2)C1)c1ccc(N2CCCC2)cc1. The van der Waals surface area contributed by atoms with Crippen LogP contribution in [0.25, 0.3) is 11.4 Å². The minimum absolute atomic E-state index is 0.0140. The lowest BCUT2D eigenvalue weighted by Crippen LogP contribution is -2.43. The van der Waals surface area contributed by atoms with Gasteiger partial charge < -0.3 is 14.7 Å². The van der Waals surface area contributed by atoms with Crippen molar-refractivity contribution in [2.45, 2.75) is 45.2 Å². The molecule has 178 valence electrons. The molecule has 2 fully saturated rings. The van der Waals surface area contributed by atoms with E-state index >= 15 is 0 Å². The van der Waals surface area contributed by atoms with Crippen molar-refractivity contribution in [3.63, 3.8) is 0 Å². The number of nitrogens with zero attached hydrogens (tertiary/aromatic N) is 4. The number of rotatable bonds is 7. The molecule has 2 aliphatic heterocycles. The van der Waals surface area contributed by atoms with Crippen LogP contribution in [0.3, 0.4) is 0 Å². The maximum absolute atomic E-state index is 13.0. The van der Waals surface area contributed by atoms with E-state index in [4.69, 9.17) is 4.52 Å². The second-order valence-corrected chi connectivity index (χ2v) is 9.47. The summed E-state index contributed by atoms with van der Waals surface area (Å²) >= 11 is 0. The Labute approximate surface area is 201 Å². The number of carbonyl (C=O) groups excluding carboxylic acids is 1. The summed E-state index contributed by atoms with van der Waals surface area (Å²) in [7, 11) is 0. The number of carbonyl (C=O) groups is 1. The van der Waals surface area contributed by atoms with E-state index in [-0.39, 0.29) is 17.9 Å². The molecule has 1 N–H and O–H groups in total. The van der Waals surface area contributed by atoms with E-state index in [1.54, 1.807) is 0 Å². The Morgan fingerprint density at radius 3 is 2.59 bits per heavy atom. The number of aromatic nitrogens is 2. The summed E-state index contributed by atoms with van der Waals surface area (Å²) in [5.74, 6) is 1.28. The van der Waals surface area contributed by atoms with Crippen LogP contribution >= 0.6 is 0 Å². The zero-order valence-corrected chi connectivity index (χ0v) is 19.8. The Bertz CT molecular complexity index is 1080. The molecule has 2 atom stereocenters. The van der Waals surface area contributed by atoms with Gasteiger partial charge in [0.05, 0.1) is 18.5 Å². The highest BCUT2D eigenvalue weighted by Crippen LogP contribution is 2.24. The Kier molecular flexibility index (Phi) is 6.90. The van der Waals surface area contributed by atoms with Crippen molar-refractivity contribution in [3.8, 4) is 11.4 Å². The van der Waals surface area contributed by atoms with Gasteiger partial charge in [-0.25, -0.2) is 0 Å². The molecular formula is C27H33N5O2. The fraction of sp³-hybridized carbons (Fsp3) is 0.444. The summed E-state index contributed by atoms with van der Waals surface area (Å²) in [4.78, 5) is 22.3. The molecule has 0 radical (unpaired) electrons. The van der Waals surface area contributed by atoms with E-state index in [2.05, 4.69) is 56.4 Å². The van der Waals surface area contributed by atoms with Crippen LogP contribution in [0.4, 0.5) is 5.69 Å². The second kappa shape index (κ2) is 10.4. The van der Waals surface area contributed by atoms with Crippen molar-refractivity contribution >= 4 is 11.6 Å². The van der Waals surface area contributed by atoms with E-state index in [1.807, 2.05) is 30.3 Å². The molecule has 7 heteroatoms. The maximum atomic E-state index is 13.0. The molecule has 3 heterocycles. The van der Waals surface area contributed by atoms with Crippen molar-refractivity contribution in [2.75, 3.05) is 31.1 Å². The molecule has 2 aromatic carbocycles. The summed E-state index contributed by atoms with van der Waals surface area (Å²) in [5.41, 5.74) is 3.36. The molecule has 2 saturated heterocycles. The van der Waals surface area contributed by atoms with Crippen LogP contribution in [0.2, 0.25) is 0 Å². The number of anilines is 1. The number of amides is 1. The first kappa shape index (κ1) is 22.6. The third-order valence-corrected chi connectivity index (χ3v) is 6.96. The van der Waals surface area contributed by atoms with E-state index in [0.29, 0.717) is 24.8 Å². The van der Waals surface area contributed by atoms with E-state index in [1.165, 1.54) is 18.5 Å². The van der Waals surface area contributed by atoms with Gasteiger partial charge in [-0.1, -0.05) is 47.6 Å². The van der Waals surface area contributed by atoms with Crippen molar-refractivity contribution in [3.05, 3.63) is 66.1 Å². The first-order valence-electron chi connectivity index (χ1n) is 12.4. The van der Waals surface area contributed by atoms with Gasteiger partial charge in [0.25, 0.3) is 0 Å². The predicted molar refractivity (Wildman–Crippen MR) is 132 cm³/mol. The smallest absolute Gasteiger partial charge is 0.241 e. The van der Waals surface area contributed by atoms with Gasteiger partial charge in [0.2, 0.25) is 17.6 Å². The molecule has 0 spiro atoms. The molecule has 7 nitrogen and oxygen atoms in total. The minimum Gasteiger partial charge on any atom is -0.372 e. The second-order valence-electron chi connectivity index (χ2n) is 9.47. The first-order chi connectivity index (χ1) is 16.7. The fourth-order valence-electron chi connectivity index (χ4n) is 4.99. The van der Waals surface area contributed by atoms with Crippen molar-refractivity contribution in [1.82, 2.24) is 20.4 Å². The number of hydrogen-bond donors (Lipinski definition) is 1. The van der Waals surface area contributed by atoms with Crippen LogP contribution in [0.1, 0.15) is 50.1 Å². The Morgan fingerprint density at radius 1 is 1.06 bits per heavy atom. The summed E-state index contributed by atoms with van der Waals surface area (Å²) in [6, 6.07) is 18.5. The topological polar surface area (TPSA) is 74.5 Å². The number of nitrogens with one attached hydrogen (secondary N) is 1. The largest absolute Gasteiger partial charge is 0.372 e. The van der Waals surface area contributed by atoms with Gasteiger partial charge >= 0.3 is 0 Å². The lowest BCUT2D eigenvalue weighted by atomic mass is 9.96. The lowest BCUT2D eigenvalue weighted by Gasteiger charge is -2.31. The van der Waals surface area contributed by atoms with Crippen LogP contribution in [0.15, 0.2) is 59.1 Å².